The highest BCUT2D eigenvalue weighted by molar-refractivity contribution is 5.75. The molecule has 0 spiro atoms. The minimum atomic E-state index is -0.340. The molecule has 1 atom stereocenters. The molecular formula is C13H18N2O2. The van der Waals surface area contributed by atoms with Crippen LogP contribution in [0.4, 0.5) is 0 Å². The average Bonchev–Trinajstić information content (AvgIpc) is 2.26. The van der Waals surface area contributed by atoms with Gasteiger partial charge in [0.2, 0.25) is 11.8 Å². The third kappa shape index (κ3) is 5.70. The van der Waals surface area contributed by atoms with Crippen molar-refractivity contribution >= 4 is 11.8 Å². The first kappa shape index (κ1) is 13.2. The molecule has 1 rings (SSSR count). The van der Waals surface area contributed by atoms with Gasteiger partial charge in [0.25, 0.3) is 0 Å². The molecule has 0 aliphatic rings. The van der Waals surface area contributed by atoms with Gasteiger partial charge in [-0.1, -0.05) is 30.3 Å². The van der Waals surface area contributed by atoms with E-state index in [9.17, 15) is 9.59 Å². The highest BCUT2D eigenvalue weighted by Crippen LogP contribution is 2.17. The molecule has 4 heteroatoms. The Morgan fingerprint density at radius 1 is 1.06 bits per heavy atom. The number of rotatable bonds is 7. The van der Waals surface area contributed by atoms with Crippen molar-refractivity contribution in [3.63, 3.8) is 0 Å². The molecule has 0 saturated heterocycles. The number of primary amides is 2. The SMILES string of the molecule is NC(=O)CC[C@H](CC(N)=O)Cc1ccccc1. The zero-order valence-electron chi connectivity index (χ0n) is 9.76. The van der Waals surface area contributed by atoms with Crippen molar-refractivity contribution in [1.29, 1.82) is 0 Å². The Morgan fingerprint density at radius 3 is 2.24 bits per heavy atom. The molecule has 0 saturated carbocycles. The van der Waals surface area contributed by atoms with Gasteiger partial charge in [-0.05, 0) is 24.3 Å². The van der Waals surface area contributed by atoms with Crippen molar-refractivity contribution in [2.24, 2.45) is 17.4 Å². The van der Waals surface area contributed by atoms with Crippen LogP contribution < -0.4 is 11.5 Å². The minimum absolute atomic E-state index is 0.0856. The summed E-state index contributed by atoms with van der Waals surface area (Å²) in [5.74, 6) is -0.592. The van der Waals surface area contributed by atoms with Gasteiger partial charge in [-0.25, -0.2) is 0 Å². The van der Waals surface area contributed by atoms with Crippen LogP contribution in [-0.2, 0) is 16.0 Å². The summed E-state index contributed by atoms with van der Waals surface area (Å²) >= 11 is 0. The fraction of sp³-hybridized carbons (Fsp3) is 0.385. The molecule has 1 aromatic carbocycles. The van der Waals surface area contributed by atoms with E-state index >= 15 is 0 Å². The van der Waals surface area contributed by atoms with Crippen molar-refractivity contribution in [3.05, 3.63) is 35.9 Å². The number of carbonyl (C=O) groups excluding carboxylic acids is 2. The quantitative estimate of drug-likeness (QED) is 0.737. The van der Waals surface area contributed by atoms with Crippen molar-refractivity contribution in [3.8, 4) is 0 Å². The average molecular weight is 234 g/mol. The third-order valence-electron chi connectivity index (χ3n) is 2.66. The van der Waals surface area contributed by atoms with Crippen LogP contribution in [0.25, 0.3) is 0 Å². The second-order valence-electron chi connectivity index (χ2n) is 4.23. The number of nitrogens with two attached hydrogens (primary N) is 2. The van der Waals surface area contributed by atoms with Crippen LogP contribution in [-0.4, -0.2) is 11.8 Å². The Bertz CT molecular complexity index is 376. The van der Waals surface area contributed by atoms with Crippen LogP contribution in [0, 0.1) is 5.92 Å². The van der Waals surface area contributed by atoms with E-state index < -0.39 is 0 Å². The zero-order chi connectivity index (χ0) is 12.7. The molecule has 0 aliphatic heterocycles. The summed E-state index contributed by atoms with van der Waals surface area (Å²) in [6.07, 6.45) is 1.94. The second-order valence-corrected chi connectivity index (χ2v) is 4.23. The number of hydrogen-bond donors (Lipinski definition) is 2. The Labute approximate surface area is 101 Å². The lowest BCUT2D eigenvalue weighted by Gasteiger charge is -2.14. The zero-order valence-corrected chi connectivity index (χ0v) is 9.76. The van der Waals surface area contributed by atoms with Crippen LogP contribution in [0.1, 0.15) is 24.8 Å². The van der Waals surface area contributed by atoms with Gasteiger partial charge in [0.1, 0.15) is 0 Å². The molecule has 0 aromatic heterocycles. The predicted molar refractivity (Wildman–Crippen MR) is 65.9 cm³/mol. The fourth-order valence-electron chi connectivity index (χ4n) is 1.85. The van der Waals surface area contributed by atoms with E-state index in [1.807, 2.05) is 30.3 Å². The largest absolute Gasteiger partial charge is 0.370 e. The van der Waals surface area contributed by atoms with E-state index in [-0.39, 0.29) is 17.7 Å². The highest BCUT2D eigenvalue weighted by atomic mass is 16.1. The number of amides is 2. The molecule has 0 bridgehead atoms. The van der Waals surface area contributed by atoms with E-state index in [2.05, 4.69) is 0 Å². The summed E-state index contributed by atoms with van der Waals surface area (Å²) in [7, 11) is 0. The minimum Gasteiger partial charge on any atom is -0.370 e. The van der Waals surface area contributed by atoms with Gasteiger partial charge >= 0.3 is 0 Å². The first-order valence-electron chi connectivity index (χ1n) is 5.68. The van der Waals surface area contributed by atoms with Gasteiger partial charge in [-0.2, -0.15) is 0 Å². The van der Waals surface area contributed by atoms with Crippen LogP contribution in [0.3, 0.4) is 0 Å². The topological polar surface area (TPSA) is 86.2 Å². The predicted octanol–water partition coefficient (Wildman–Crippen LogP) is 0.986. The molecule has 17 heavy (non-hydrogen) atoms. The van der Waals surface area contributed by atoms with Crippen LogP contribution >= 0.6 is 0 Å². The van der Waals surface area contributed by atoms with Crippen molar-refractivity contribution in [1.82, 2.24) is 0 Å². The van der Waals surface area contributed by atoms with E-state index in [4.69, 9.17) is 11.5 Å². The molecule has 0 heterocycles. The lowest BCUT2D eigenvalue weighted by atomic mass is 9.91. The Morgan fingerprint density at radius 2 is 1.71 bits per heavy atom. The van der Waals surface area contributed by atoms with E-state index in [1.54, 1.807) is 0 Å². The monoisotopic (exact) mass is 234 g/mol. The van der Waals surface area contributed by atoms with Crippen molar-refractivity contribution in [2.75, 3.05) is 0 Å². The summed E-state index contributed by atoms with van der Waals surface area (Å²) < 4.78 is 0. The van der Waals surface area contributed by atoms with Gasteiger partial charge < -0.3 is 11.5 Å². The molecule has 1 aromatic rings. The Hall–Kier alpha value is -1.84. The molecule has 0 fully saturated rings. The van der Waals surface area contributed by atoms with Gasteiger partial charge in [0, 0.05) is 12.8 Å². The molecule has 4 N–H and O–H groups in total. The summed E-state index contributed by atoms with van der Waals surface area (Å²) in [4.78, 5) is 21.7. The first-order chi connectivity index (χ1) is 8.08. The second kappa shape index (κ2) is 6.68. The van der Waals surface area contributed by atoms with Gasteiger partial charge in [0.05, 0.1) is 0 Å². The Kier molecular flexibility index (Phi) is 5.20. The standard InChI is InChI=1S/C13H18N2O2/c14-12(16)7-6-11(9-13(15)17)8-10-4-2-1-3-5-10/h1-5,11H,6-9H2,(H2,14,16)(H2,15,17)/t11-/m0/s1. The molecule has 0 radical (unpaired) electrons. The lowest BCUT2D eigenvalue weighted by Crippen LogP contribution is -2.20. The molecule has 4 nitrogen and oxygen atoms in total. The molecule has 2 amide bonds. The Balaban J connectivity index is 2.56. The van der Waals surface area contributed by atoms with Crippen LogP contribution in [0.2, 0.25) is 0 Å². The maximum atomic E-state index is 11.0. The van der Waals surface area contributed by atoms with E-state index in [1.165, 1.54) is 0 Å². The number of benzene rings is 1. The van der Waals surface area contributed by atoms with Crippen molar-refractivity contribution < 1.29 is 9.59 Å². The van der Waals surface area contributed by atoms with Crippen LogP contribution in [0.5, 0.6) is 0 Å². The van der Waals surface area contributed by atoms with E-state index in [0.29, 0.717) is 19.3 Å². The maximum absolute atomic E-state index is 11.0. The smallest absolute Gasteiger partial charge is 0.217 e. The van der Waals surface area contributed by atoms with Crippen molar-refractivity contribution in [2.45, 2.75) is 25.7 Å². The van der Waals surface area contributed by atoms with Crippen LogP contribution in [0.15, 0.2) is 30.3 Å². The van der Waals surface area contributed by atoms with Gasteiger partial charge in [-0.15, -0.1) is 0 Å². The molecule has 0 aliphatic carbocycles. The van der Waals surface area contributed by atoms with Gasteiger partial charge in [-0.3, -0.25) is 9.59 Å². The number of hydrogen-bond acceptors (Lipinski definition) is 2. The van der Waals surface area contributed by atoms with E-state index in [0.717, 1.165) is 12.0 Å². The highest BCUT2D eigenvalue weighted by Gasteiger charge is 2.13. The number of carbonyl (C=O) groups is 2. The normalized spacial score (nSPS) is 12.0. The third-order valence-corrected chi connectivity index (χ3v) is 2.66. The molecule has 0 unspecified atom stereocenters. The summed E-state index contributed by atoms with van der Waals surface area (Å²) in [5, 5.41) is 0. The molecule has 92 valence electrons. The molecular weight excluding hydrogens is 216 g/mol. The first-order valence-corrected chi connectivity index (χ1v) is 5.68. The fourth-order valence-corrected chi connectivity index (χ4v) is 1.85. The summed E-state index contributed by atoms with van der Waals surface area (Å²) in [6.45, 7) is 0. The summed E-state index contributed by atoms with van der Waals surface area (Å²) in [5.41, 5.74) is 11.4. The van der Waals surface area contributed by atoms with Gasteiger partial charge in [0.15, 0.2) is 0 Å². The maximum Gasteiger partial charge on any atom is 0.217 e. The summed E-state index contributed by atoms with van der Waals surface area (Å²) in [6, 6.07) is 9.84. The lowest BCUT2D eigenvalue weighted by molar-refractivity contribution is -0.120.